The highest BCUT2D eigenvalue weighted by Gasteiger charge is 2.20. The van der Waals surface area contributed by atoms with E-state index in [9.17, 15) is 14.9 Å². The van der Waals surface area contributed by atoms with Gasteiger partial charge in [0.25, 0.3) is 5.69 Å². The lowest BCUT2D eigenvalue weighted by Gasteiger charge is -2.36. The second kappa shape index (κ2) is 7.57. The summed E-state index contributed by atoms with van der Waals surface area (Å²) in [6, 6.07) is 12.6. The van der Waals surface area contributed by atoms with E-state index >= 15 is 0 Å². The van der Waals surface area contributed by atoms with E-state index in [-0.39, 0.29) is 16.2 Å². The first-order valence-electron chi connectivity index (χ1n) is 10.4. The fourth-order valence-corrected chi connectivity index (χ4v) is 4.62. The van der Waals surface area contributed by atoms with Crippen molar-refractivity contribution in [2.75, 3.05) is 31.1 Å². The van der Waals surface area contributed by atoms with E-state index in [2.05, 4.69) is 21.9 Å². The summed E-state index contributed by atoms with van der Waals surface area (Å²) in [4.78, 5) is 27.2. The Balaban J connectivity index is 1.31. The lowest BCUT2D eigenvalue weighted by atomic mass is 10.0. The van der Waals surface area contributed by atoms with Crippen LogP contribution in [0.15, 0.2) is 51.7 Å². The quantitative estimate of drug-likeness (QED) is 0.375. The van der Waals surface area contributed by atoms with Crippen molar-refractivity contribution in [1.82, 2.24) is 4.90 Å². The van der Waals surface area contributed by atoms with Crippen LogP contribution >= 0.6 is 0 Å². The Kier molecular flexibility index (Phi) is 4.75. The molecule has 1 saturated heterocycles. The van der Waals surface area contributed by atoms with Gasteiger partial charge in [0.2, 0.25) is 0 Å². The molecule has 5 rings (SSSR count). The van der Waals surface area contributed by atoms with Crippen LogP contribution < -0.4 is 10.5 Å². The predicted molar refractivity (Wildman–Crippen MR) is 115 cm³/mol. The molecule has 0 radical (unpaired) electrons. The summed E-state index contributed by atoms with van der Waals surface area (Å²) in [6.07, 6.45) is 3.32. The van der Waals surface area contributed by atoms with E-state index in [1.807, 2.05) is 12.1 Å². The van der Waals surface area contributed by atoms with Crippen LogP contribution in [0.5, 0.6) is 0 Å². The van der Waals surface area contributed by atoms with Crippen molar-refractivity contribution in [1.29, 1.82) is 0 Å². The number of piperazine rings is 1. The molecule has 3 aromatic rings. The summed E-state index contributed by atoms with van der Waals surface area (Å²) >= 11 is 0. The lowest BCUT2D eigenvalue weighted by molar-refractivity contribution is -0.384. The van der Waals surface area contributed by atoms with Gasteiger partial charge in [-0.3, -0.25) is 15.0 Å². The molecule has 0 N–H and O–H groups in total. The van der Waals surface area contributed by atoms with E-state index in [1.54, 1.807) is 18.2 Å². The van der Waals surface area contributed by atoms with Crippen molar-refractivity contribution < 1.29 is 9.34 Å². The molecule has 7 nitrogen and oxygen atoms in total. The summed E-state index contributed by atoms with van der Waals surface area (Å²) in [5.41, 5.74) is 5.22. The van der Waals surface area contributed by atoms with Crippen molar-refractivity contribution in [3.8, 4) is 0 Å². The number of nitro groups is 1. The Morgan fingerprint density at radius 2 is 1.67 bits per heavy atom. The largest absolute Gasteiger partial charge is 0.423 e. The third kappa shape index (κ3) is 3.57. The van der Waals surface area contributed by atoms with Crippen LogP contribution in [0, 0.1) is 10.1 Å². The maximum atomic E-state index is 12.1. The van der Waals surface area contributed by atoms with Crippen molar-refractivity contribution in [3.63, 3.8) is 0 Å². The monoisotopic (exact) mass is 405 g/mol. The van der Waals surface area contributed by atoms with Crippen molar-refractivity contribution in [2.45, 2.75) is 25.8 Å². The van der Waals surface area contributed by atoms with Gasteiger partial charge in [-0.15, -0.1) is 0 Å². The third-order valence-corrected chi connectivity index (χ3v) is 6.23. The fraction of sp³-hybridized carbons (Fsp3) is 0.348. The molecule has 0 unspecified atom stereocenters. The van der Waals surface area contributed by atoms with Crippen LogP contribution in [-0.4, -0.2) is 36.0 Å². The Hall–Kier alpha value is -3.19. The first kappa shape index (κ1) is 18.8. The standard InChI is InChI=1S/C23H23N3O4/c27-23-14-18(21-12-16-2-1-3-17(16)13-22(21)30-23)15-24-8-10-25(11-9-24)19-4-6-20(7-5-19)26(28)29/h4-7,12-14H,1-3,8-11,15H2. The number of fused-ring (bicyclic) bond motifs is 2. The minimum Gasteiger partial charge on any atom is -0.423 e. The average Bonchev–Trinajstić information content (AvgIpc) is 3.20. The smallest absolute Gasteiger partial charge is 0.336 e. The van der Waals surface area contributed by atoms with Gasteiger partial charge in [0.15, 0.2) is 0 Å². The summed E-state index contributed by atoms with van der Waals surface area (Å²) in [5, 5.41) is 11.9. The molecule has 154 valence electrons. The highest BCUT2D eigenvalue weighted by molar-refractivity contribution is 5.82. The second-order valence-electron chi connectivity index (χ2n) is 8.10. The number of non-ortho nitro benzene ring substituents is 1. The third-order valence-electron chi connectivity index (χ3n) is 6.23. The van der Waals surface area contributed by atoms with E-state index < -0.39 is 0 Å². The molecule has 30 heavy (non-hydrogen) atoms. The molecule has 0 saturated carbocycles. The number of benzene rings is 2. The van der Waals surface area contributed by atoms with E-state index in [0.29, 0.717) is 5.58 Å². The zero-order valence-electron chi connectivity index (χ0n) is 16.7. The van der Waals surface area contributed by atoms with Gasteiger partial charge in [0, 0.05) is 62.0 Å². The highest BCUT2D eigenvalue weighted by atomic mass is 16.6. The summed E-state index contributed by atoms with van der Waals surface area (Å²) in [7, 11) is 0. The first-order chi connectivity index (χ1) is 14.6. The van der Waals surface area contributed by atoms with E-state index in [4.69, 9.17) is 4.42 Å². The molecule has 2 aromatic carbocycles. The van der Waals surface area contributed by atoms with Crippen molar-refractivity contribution >= 4 is 22.3 Å². The number of rotatable bonds is 4. The highest BCUT2D eigenvalue weighted by Crippen LogP contribution is 2.29. The minimum atomic E-state index is -0.377. The van der Waals surface area contributed by atoms with Gasteiger partial charge in [-0.2, -0.15) is 0 Å². The van der Waals surface area contributed by atoms with Gasteiger partial charge in [0.05, 0.1) is 4.92 Å². The SMILES string of the molecule is O=c1cc(CN2CCN(c3ccc([N+](=O)[O-])cc3)CC2)c2cc3c(cc2o1)CCC3. The summed E-state index contributed by atoms with van der Waals surface area (Å²) in [6.45, 7) is 4.13. The van der Waals surface area contributed by atoms with Gasteiger partial charge in [-0.05, 0) is 60.2 Å². The molecule has 1 aliphatic carbocycles. The molecule has 0 spiro atoms. The Morgan fingerprint density at radius 3 is 2.37 bits per heavy atom. The molecular formula is C23H23N3O4. The Bertz CT molecular complexity index is 1160. The molecule has 0 amide bonds. The van der Waals surface area contributed by atoms with Crippen LogP contribution in [0.1, 0.15) is 23.1 Å². The predicted octanol–water partition coefficient (Wildman–Crippen LogP) is 3.51. The molecule has 0 atom stereocenters. The fourth-order valence-electron chi connectivity index (χ4n) is 4.62. The van der Waals surface area contributed by atoms with Crippen molar-refractivity contribution in [2.24, 2.45) is 0 Å². The molecule has 2 aliphatic rings. The van der Waals surface area contributed by atoms with Crippen LogP contribution in [-0.2, 0) is 19.4 Å². The van der Waals surface area contributed by atoms with Crippen LogP contribution in [0.2, 0.25) is 0 Å². The summed E-state index contributed by atoms with van der Waals surface area (Å²) in [5.74, 6) is 0. The first-order valence-corrected chi connectivity index (χ1v) is 10.4. The number of nitrogens with zero attached hydrogens (tertiary/aromatic N) is 3. The van der Waals surface area contributed by atoms with Gasteiger partial charge in [0.1, 0.15) is 5.58 Å². The number of hydrogen-bond donors (Lipinski definition) is 0. The number of nitro benzene ring substituents is 1. The van der Waals surface area contributed by atoms with Crippen LogP contribution in [0.3, 0.4) is 0 Å². The van der Waals surface area contributed by atoms with Crippen molar-refractivity contribution in [3.05, 3.63) is 79.7 Å². The zero-order chi connectivity index (χ0) is 20.7. The van der Waals surface area contributed by atoms with E-state index in [1.165, 1.54) is 11.1 Å². The molecule has 2 heterocycles. The molecule has 7 heteroatoms. The second-order valence-corrected chi connectivity index (χ2v) is 8.10. The van der Waals surface area contributed by atoms with Crippen LogP contribution in [0.25, 0.3) is 11.0 Å². The van der Waals surface area contributed by atoms with Gasteiger partial charge >= 0.3 is 5.63 Å². The topological polar surface area (TPSA) is 79.8 Å². The number of anilines is 1. The molecule has 1 aliphatic heterocycles. The van der Waals surface area contributed by atoms with Gasteiger partial charge < -0.3 is 9.32 Å². The normalized spacial score (nSPS) is 16.7. The number of aryl methyl sites for hydroxylation is 2. The Labute approximate surface area is 173 Å². The average molecular weight is 405 g/mol. The Morgan fingerprint density at radius 1 is 0.967 bits per heavy atom. The lowest BCUT2D eigenvalue weighted by Crippen LogP contribution is -2.46. The summed E-state index contributed by atoms with van der Waals surface area (Å²) < 4.78 is 5.49. The molecule has 1 fully saturated rings. The van der Waals surface area contributed by atoms with E-state index in [0.717, 1.165) is 68.6 Å². The molecule has 1 aromatic heterocycles. The zero-order valence-corrected chi connectivity index (χ0v) is 16.7. The van der Waals surface area contributed by atoms with Gasteiger partial charge in [-0.25, -0.2) is 4.79 Å². The van der Waals surface area contributed by atoms with Crippen LogP contribution in [0.4, 0.5) is 11.4 Å². The molecular weight excluding hydrogens is 382 g/mol. The maximum Gasteiger partial charge on any atom is 0.336 e. The van der Waals surface area contributed by atoms with Gasteiger partial charge in [-0.1, -0.05) is 0 Å². The number of hydrogen-bond acceptors (Lipinski definition) is 6. The maximum absolute atomic E-state index is 12.1. The minimum absolute atomic E-state index is 0.110. The molecule has 0 bridgehead atoms.